The number of methoxy groups -OCH3 is 1. The van der Waals surface area contributed by atoms with E-state index in [1.54, 1.807) is 25.6 Å². The van der Waals surface area contributed by atoms with Crippen molar-refractivity contribution in [1.29, 1.82) is 0 Å². The Balaban J connectivity index is 2.83. The van der Waals surface area contributed by atoms with E-state index in [-0.39, 0.29) is 0 Å². The summed E-state index contributed by atoms with van der Waals surface area (Å²) in [7, 11) is 1.60. The molecule has 1 aromatic heterocycles. The molecule has 0 aliphatic carbocycles. The molecule has 1 radical (unpaired) electrons. The second kappa shape index (κ2) is 2.31. The summed E-state index contributed by atoms with van der Waals surface area (Å²) in [5.41, 5.74) is 0. The lowest BCUT2D eigenvalue weighted by molar-refractivity contribution is 0.413. The maximum atomic E-state index is 4.82. The largest absolute Gasteiger partial charge is 0.496 e. The van der Waals surface area contributed by atoms with E-state index in [4.69, 9.17) is 4.74 Å². The molecule has 0 aliphatic rings. The lowest BCUT2D eigenvalue weighted by atomic mass is 10.5. The van der Waals surface area contributed by atoms with Gasteiger partial charge >= 0.3 is 0 Å². The first-order valence-corrected chi connectivity index (χ1v) is 2.29. The van der Waals surface area contributed by atoms with E-state index >= 15 is 0 Å². The van der Waals surface area contributed by atoms with Gasteiger partial charge in [0.25, 0.3) is 0 Å². The lowest BCUT2D eigenvalue weighted by Crippen LogP contribution is -1.80. The van der Waals surface area contributed by atoms with E-state index in [0.29, 0.717) is 0 Å². The van der Waals surface area contributed by atoms with Crippen LogP contribution in [0, 0.1) is 6.07 Å². The summed E-state index contributed by atoms with van der Waals surface area (Å²) in [6.45, 7) is 0. The molecule has 0 saturated carbocycles. The fourth-order valence-corrected chi connectivity index (χ4v) is 0.430. The van der Waals surface area contributed by atoms with Gasteiger partial charge in [0.05, 0.1) is 7.11 Å². The highest BCUT2D eigenvalue weighted by Gasteiger charge is 1.82. The van der Waals surface area contributed by atoms with Crippen molar-refractivity contribution in [3.8, 4) is 5.75 Å². The molecular formula is C6H6NO. The zero-order chi connectivity index (χ0) is 5.82. The number of nitrogens with zero attached hydrogens (tertiary/aromatic N) is 1. The molecule has 0 atom stereocenters. The molecular weight excluding hydrogens is 102 g/mol. The van der Waals surface area contributed by atoms with Crippen LogP contribution in [0.5, 0.6) is 5.75 Å². The van der Waals surface area contributed by atoms with E-state index in [2.05, 4.69) is 11.1 Å². The van der Waals surface area contributed by atoms with Crippen molar-refractivity contribution in [2.24, 2.45) is 0 Å². The Morgan fingerprint density at radius 1 is 1.75 bits per heavy atom. The Morgan fingerprint density at radius 3 is 3.00 bits per heavy atom. The third-order valence-electron chi connectivity index (χ3n) is 0.813. The van der Waals surface area contributed by atoms with Gasteiger partial charge < -0.3 is 4.74 Å². The summed E-state index contributed by atoms with van der Waals surface area (Å²) in [6.07, 6.45) is 3.23. The molecule has 1 rings (SSSR count). The molecule has 0 N–H and O–H groups in total. The number of rotatable bonds is 1. The van der Waals surface area contributed by atoms with E-state index in [0.717, 1.165) is 5.75 Å². The van der Waals surface area contributed by atoms with Gasteiger partial charge in [0.15, 0.2) is 0 Å². The van der Waals surface area contributed by atoms with Crippen LogP contribution in [0.1, 0.15) is 0 Å². The van der Waals surface area contributed by atoms with Crippen LogP contribution in [-0.2, 0) is 0 Å². The first-order chi connectivity index (χ1) is 3.93. The molecule has 0 spiro atoms. The molecule has 1 aromatic rings. The molecule has 0 fully saturated rings. The fourth-order valence-electron chi connectivity index (χ4n) is 0.430. The number of ether oxygens (including phenoxy) is 1. The number of hydrogen-bond acceptors (Lipinski definition) is 2. The minimum absolute atomic E-state index is 0.722. The average molecular weight is 108 g/mol. The Morgan fingerprint density at radius 2 is 2.62 bits per heavy atom. The van der Waals surface area contributed by atoms with Gasteiger partial charge in [-0.25, -0.2) is 0 Å². The second-order valence-electron chi connectivity index (χ2n) is 1.31. The molecule has 0 aliphatic heterocycles. The maximum absolute atomic E-state index is 4.82. The van der Waals surface area contributed by atoms with Crippen LogP contribution in [-0.4, -0.2) is 12.1 Å². The van der Waals surface area contributed by atoms with Gasteiger partial charge in [-0.1, -0.05) is 0 Å². The van der Waals surface area contributed by atoms with Crippen molar-refractivity contribution < 1.29 is 4.74 Å². The monoisotopic (exact) mass is 108 g/mol. The Hall–Kier alpha value is -1.05. The van der Waals surface area contributed by atoms with Gasteiger partial charge in [-0.3, -0.25) is 4.98 Å². The van der Waals surface area contributed by atoms with Gasteiger partial charge in [-0.15, -0.1) is 0 Å². The van der Waals surface area contributed by atoms with Crippen LogP contribution in [0.2, 0.25) is 0 Å². The minimum atomic E-state index is 0.722. The minimum Gasteiger partial charge on any atom is -0.496 e. The topological polar surface area (TPSA) is 22.1 Å². The number of pyridine rings is 1. The van der Waals surface area contributed by atoms with E-state index in [1.165, 1.54) is 0 Å². The summed E-state index contributed by atoms with van der Waals surface area (Å²) in [5.74, 6) is 0.722. The van der Waals surface area contributed by atoms with Crippen LogP contribution < -0.4 is 4.74 Å². The van der Waals surface area contributed by atoms with Gasteiger partial charge in [-0.05, 0) is 6.07 Å². The molecule has 2 heteroatoms. The van der Waals surface area contributed by atoms with Crippen LogP contribution >= 0.6 is 0 Å². The van der Waals surface area contributed by atoms with Crippen molar-refractivity contribution in [3.63, 3.8) is 0 Å². The van der Waals surface area contributed by atoms with Crippen LogP contribution in [0.25, 0.3) is 0 Å². The Kier molecular flexibility index (Phi) is 1.47. The summed E-state index contributed by atoms with van der Waals surface area (Å²) in [6, 6.07) is 4.53. The number of hydrogen-bond donors (Lipinski definition) is 0. The third kappa shape index (κ3) is 0.964. The zero-order valence-electron chi connectivity index (χ0n) is 4.59. The highest BCUT2D eigenvalue weighted by molar-refractivity contribution is 5.14. The predicted octanol–water partition coefficient (Wildman–Crippen LogP) is 0.890. The SMILES string of the molecule is COc1[c]cncc1. The molecule has 0 bridgehead atoms. The van der Waals surface area contributed by atoms with Crippen molar-refractivity contribution in [1.82, 2.24) is 4.98 Å². The molecule has 2 nitrogen and oxygen atoms in total. The molecule has 0 amide bonds. The normalized spacial score (nSPS) is 8.62. The highest BCUT2D eigenvalue weighted by Crippen LogP contribution is 2.02. The molecule has 0 aromatic carbocycles. The first kappa shape index (κ1) is 5.09. The zero-order valence-corrected chi connectivity index (χ0v) is 4.59. The van der Waals surface area contributed by atoms with Crippen LogP contribution in [0.15, 0.2) is 18.5 Å². The van der Waals surface area contributed by atoms with E-state index in [9.17, 15) is 0 Å². The molecule has 0 unspecified atom stereocenters. The average Bonchev–Trinajstić information content (AvgIpc) is 1.90. The predicted molar refractivity (Wildman–Crippen MR) is 29.6 cm³/mol. The second-order valence-corrected chi connectivity index (χ2v) is 1.31. The summed E-state index contributed by atoms with van der Waals surface area (Å²) < 4.78 is 4.82. The summed E-state index contributed by atoms with van der Waals surface area (Å²) in [4.78, 5) is 3.76. The van der Waals surface area contributed by atoms with Crippen LogP contribution in [0.4, 0.5) is 0 Å². The van der Waals surface area contributed by atoms with Crippen molar-refractivity contribution >= 4 is 0 Å². The smallest absolute Gasteiger partial charge is 0.129 e. The van der Waals surface area contributed by atoms with E-state index in [1.807, 2.05) is 0 Å². The summed E-state index contributed by atoms with van der Waals surface area (Å²) >= 11 is 0. The Labute approximate surface area is 48.1 Å². The molecule has 41 valence electrons. The standard InChI is InChI=1S/C6H6NO/c1-8-6-2-4-7-5-3-6/h2,4-5H,1H3. The Bertz CT molecular complexity index is 150. The van der Waals surface area contributed by atoms with Gasteiger partial charge in [0.2, 0.25) is 0 Å². The first-order valence-electron chi connectivity index (χ1n) is 2.29. The van der Waals surface area contributed by atoms with E-state index < -0.39 is 0 Å². The maximum Gasteiger partial charge on any atom is 0.129 e. The quantitative estimate of drug-likeness (QED) is 0.533. The van der Waals surface area contributed by atoms with Crippen molar-refractivity contribution in [2.75, 3.05) is 7.11 Å². The molecule has 1 heterocycles. The van der Waals surface area contributed by atoms with Gasteiger partial charge in [0, 0.05) is 18.5 Å². The lowest BCUT2D eigenvalue weighted by Gasteiger charge is -1.92. The van der Waals surface area contributed by atoms with Crippen LogP contribution in [0.3, 0.4) is 0 Å². The highest BCUT2D eigenvalue weighted by atomic mass is 16.5. The van der Waals surface area contributed by atoms with Crippen molar-refractivity contribution in [2.45, 2.75) is 0 Å². The molecule has 8 heavy (non-hydrogen) atoms. The van der Waals surface area contributed by atoms with Gasteiger partial charge in [0.1, 0.15) is 5.75 Å². The van der Waals surface area contributed by atoms with Crippen molar-refractivity contribution in [3.05, 3.63) is 24.5 Å². The number of aromatic nitrogens is 1. The third-order valence-corrected chi connectivity index (χ3v) is 0.813. The summed E-state index contributed by atoms with van der Waals surface area (Å²) in [5, 5.41) is 0. The molecule has 0 saturated heterocycles. The van der Waals surface area contributed by atoms with Gasteiger partial charge in [-0.2, -0.15) is 0 Å². The fraction of sp³-hybridized carbons (Fsp3) is 0.167.